The van der Waals surface area contributed by atoms with E-state index < -0.39 is 10.2 Å². The van der Waals surface area contributed by atoms with Gasteiger partial charge in [-0.1, -0.05) is 25.1 Å². The first kappa shape index (κ1) is 17.2. The molecule has 0 spiro atoms. The van der Waals surface area contributed by atoms with Crippen molar-refractivity contribution in [3.05, 3.63) is 30.3 Å². The van der Waals surface area contributed by atoms with Crippen LogP contribution in [0.5, 0.6) is 0 Å². The average Bonchev–Trinajstić information content (AvgIpc) is 2.52. The molecule has 1 unspecified atom stereocenters. The van der Waals surface area contributed by atoms with Gasteiger partial charge in [0.05, 0.1) is 0 Å². The van der Waals surface area contributed by atoms with Crippen molar-refractivity contribution in [3.63, 3.8) is 0 Å². The summed E-state index contributed by atoms with van der Waals surface area (Å²) in [5.74, 6) is 0.453. The minimum Gasteiger partial charge on any atom is -0.375 e. The smallest absolute Gasteiger partial charge is 0.279 e. The van der Waals surface area contributed by atoms with Gasteiger partial charge >= 0.3 is 0 Å². The van der Waals surface area contributed by atoms with Crippen LogP contribution in [0.15, 0.2) is 30.3 Å². The molecule has 2 rings (SSSR count). The molecule has 1 aliphatic rings. The highest BCUT2D eigenvalue weighted by atomic mass is 32.2. The van der Waals surface area contributed by atoms with E-state index in [9.17, 15) is 8.42 Å². The molecule has 0 aromatic heterocycles. The molecule has 0 saturated carbocycles. The number of nitrogens with one attached hydrogen (secondary N) is 1. The van der Waals surface area contributed by atoms with Crippen LogP contribution in [0.4, 0.5) is 5.69 Å². The number of para-hydroxylation sites is 1. The Morgan fingerprint density at radius 2 is 2.05 bits per heavy atom. The highest BCUT2D eigenvalue weighted by Gasteiger charge is 2.26. The average molecular weight is 325 g/mol. The van der Waals surface area contributed by atoms with Gasteiger partial charge in [-0.15, -0.1) is 0 Å². The maximum absolute atomic E-state index is 12.2. The SMILES string of the molecule is CC1CCCN(S(=O)(=O)NCCCN(C)c2ccccc2)C1. The zero-order valence-corrected chi connectivity index (χ0v) is 14.3. The van der Waals surface area contributed by atoms with Crippen LogP contribution >= 0.6 is 0 Å². The molecule has 1 fully saturated rings. The van der Waals surface area contributed by atoms with Crippen LogP contribution in [0, 0.1) is 5.92 Å². The van der Waals surface area contributed by atoms with Crippen LogP contribution in [-0.4, -0.2) is 45.9 Å². The van der Waals surface area contributed by atoms with Gasteiger partial charge in [0.2, 0.25) is 0 Å². The van der Waals surface area contributed by atoms with E-state index in [1.807, 2.05) is 25.2 Å². The third-order valence-electron chi connectivity index (χ3n) is 4.11. The second-order valence-corrected chi connectivity index (χ2v) is 7.87. The molecule has 0 radical (unpaired) electrons. The van der Waals surface area contributed by atoms with Gasteiger partial charge in [-0.3, -0.25) is 0 Å². The van der Waals surface area contributed by atoms with Crippen molar-refractivity contribution in [1.29, 1.82) is 0 Å². The molecule has 6 heteroatoms. The highest BCUT2D eigenvalue weighted by Crippen LogP contribution is 2.17. The summed E-state index contributed by atoms with van der Waals surface area (Å²) < 4.78 is 28.8. The third kappa shape index (κ3) is 4.97. The van der Waals surface area contributed by atoms with Gasteiger partial charge in [-0.25, -0.2) is 4.72 Å². The summed E-state index contributed by atoms with van der Waals surface area (Å²) in [5, 5.41) is 0. The van der Waals surface area contributed by atoms with Gasteiger partial charge in [-0.2, -0.15) is 12.7 Å². The summed E-state index contributed by atoms with van der Waals surface area (Å²) in [5.41, 5.74) is 1.15. The maximum Gasteiger partial charge on any atom is 0.279 e. The second-order valence-electron chi connectivity index (χ2n) is 6.12. The van der Waals surface area contributed by atoms with E-state index >= 15 is 0 Å². The number of rotatable bonds is 7. The number of nitrogens with zero attached hydrogens (tertiary/aromatic N) is 2. The lowest BCUT2D eigenvalue weighted by Crippen LogP contribution is -2.46. The molecule has 5 nitrogen and oxygen atoms in total. The molecule has 1 saturated heterocycles. The van der Waals surface area contributed by atoms with E-state index in [1.54, 1.807) is 4.31 Å². The molecule has 1 aliphatic heterocycles. The molecule has 1 heterocycles. The van der Waals surface area contributed by atoms with Crippen molar-refractivity contribution >= 4 is 15.9 Å². The van der Waals surface area contributed by atoms with Crippen LogP contribution in [0.2, 0.25) is 0 Å². The Bertz CT molecular complexity index is 548. The van der Waals surface area contributed by atoms with Crippen LogP contribution < -0.4 is 9.62 Å². The topological polar surface area (TPSA) is 52.7 Å². The predicted molar refractivity (Wildman–Crippen MR) is 91.2 cm³/mol. The van der Waals surface area contributed by atoms with E-state index in [0.29, 0.717) is 25.6 Å². The van der Waals surface area contributed by atoms with E-state index in [-0.39, 0.29) is 0 Å². The van der Waals surface area contributed by atoms with Crippen LogP contribution in [0.25, 0.3) is 0 Å². The van der Waals surface area contributed by atoms with Crippen molar-refractivity contribution in [2.45, 2.75) is 26.2 Å². The Hall–Kier alpha value is -1.11. The molecule has 0 bridgehead atoms. The first-order valence-electron chi connectivity index (χ1n) is 8.00. The lowest BCUT2D eigenvalue weighted by Gasteiger charge is -2.30. The van der Waals surface area contributed by atoms with Crippen molar-refractivity contribution in [1.82, 2.24) is 9.03 Å². The fraction of sp³-hybridized carbons (Fsp3) is 0.625. The number of piperidine rings is 1. The first-order chi connectivity index (χ1) is 10.5. The Morgan fingerprint density at radius 3 is 2.73 bits per heavy atom. The molecule has 124 valence electrons. The van der Waals surface area contributed by atoms with Crippen molar-refractivity contribution in [2.75, 3.05) is 38.1 Å². The quantitative estimate of drug-likeness (QED) is 0.781. The Morgan fingerprint density at radius 1 is 1.32 bits per heavy atom. The number of hydrogen-bond acceptors (Lipinski definition) is 3. The molecule has 1 aromatic rings. The monoisotopic (exact) mass is 325 g/mol. The second kappa shape index (κ2) is 7.94. The van der Waals surface area contributed by atoms with Crippen molar-refractivity contribution in [2.24, 2.45) is 5.92 Å². The number of hydrogen-bond donors (Lipinski definition) is 1. The maximum atomic E-state index is 12.2. The zero-order chi connectivity index (χ0) is 16.0. The molecule has 1 N–H and O–H groups in total. The van der Waals surface area contributed by atoms with Crippen LogP contribution in [0.3, 0.4) is 0 Å². The summed E-state index contributed by atoms with van der Waals surface area (Å²) in [7, 11) is -1.29. The highest BCUT2D eigenvalue weighted by molar-refractivity contribution is 7.87. The van der Waals surface area contributed by atoms with E-state index in [0.717, 1.165) is 31.5 Å². The van der Waals surface area contributed by atoms with Gasteiger partial charge in [0.15, 0.2) is 0 Å². The number of anilines is 1. The Balaban J connectivity index is 1.73. The summed E-state index contributed by atoms with van der Waals surface area (Å²) in [6.07, 6.45) is 2.86. The van der Waals surface area contributed by atoms with E-state index in [2.05, 4.69) is 28.7 Å². The Labute approximate surface area is 134 Å². The normalized spacial score (nSPS) is 20.0. The van der Waals surface area contributed by atoms with Gasteiger partial charge in [0.1, 0.15) is 0 Å². The predicted octanol–water partition coefficient (Wildman–Crippen LogP) is 2.08. The lowest BCUT2D eigenvalue weighted by atomic mass is 10.0. The van der Waals surface area contributed by atoms with Gasteiger partial charge in [0.25, 0.3) is 10.2 Å². The zero-order valence-electron chi connectivity index (χ0n) is 13.5. The molecule has 1 aromatic carbocycles. The van der Waals surface area contributed by atoms with Gasteiger partial charge in [-0.05, 0) is 37.3 Å². The molecule has 1 atom stereocenters. The molecule has 0 amide bonds. The summed E-state index contributed by atoms with van der Waals surface area (Å²) >= 11 is 0. The van der Waals surface area contributed by atoms with E-state index in [4.69, 9.17) is 0 Å². The van der Waals surface area contributed by atoms with Crippen LogP contribution in [-0.2, 0) is 10.2 Å². The first-order valence-corrected chi connectivity index (χ1v) is 9.44. The molecule has 0 aliphatic carbocycles. The van der Waals surface area contributed by atoms with Crippen LogP contribution in [0.1, 0.15) is 26.2 Å². The van der Waals surface area contributed by atoms with Gasteiger partial charge < -0.3 is 4.90 Å². The molecule has 22 heavy (non-hydrogen) atoms. The summed E-state index contributed by atoms with van der Waals surface area (Å²) in [6.45, 7) is 4.69. The standard InChI is InChI=1S/C16H27N3O2S/c1-15-8-6-13-19(14-15)22(20,21)17-11-7-12-18(2)16-9-4-3-5-10-16/h3-5,9-10,15,17H,6-8,11-14H2,1-2H3. The largest absolute Gasteiger partial charge is 0.375 e. The van der Waals surface area contributed by atoms with E-state index in [1.165, 1.54) is 0 Å². The van der Waals surface area contributed by atoms with Crippen molar-refractivity contribution < 1.29 is 8.42 Å². The Kier molecular flexibility index (Phi) is 6.23. The van der Waals surface area contributed by atoms with Crippen molar-refractivity contribution in [3.8, 4) is 0 Å². The third-order valence-corrected chi connectivity index (χ3v) is 5.69. The number of benzene rings is 1. The molecular weight excluding hydrogens is 298 g/mol. The summed E-state index contributed by atoms with van der Waals surface area (Å²) in [6, 6.07) is 10.1. The van der Waals surface area contributed by atoms with Gasteiger partial charge in [0, 0.05) is 38.9 Å². The fourth-order valence-corrected chi connectivity index (χ4v) is 4.19. The minimum atomic E-state index is -3.31. The fourth-order valence-electron chi connectivity index (χ4n) is 2.78. The lowest BCUT2D eigenvalue weighted by molar-refractivity contribution is 0.278. The molecular formula is C16H27N3O2S. The minimum absolute atomic E-state index is 0.453. The summed E-state index contributed by atoms with van der Waals surface area (Å²) in [4.78, 5) is 2.14.